The van der Waals surface area contributed by atoms with Gasteiger partial charge in [-0.25, -0.2) is 0 Å². The lowest BCUT2D eigenvalue weighted by molar-refractivity contribution is 0.411. The molecule has 0 saturated carbocycles. The van der Waals surface area contributed by atoms with Gasteiger partial charge < -0.3 is 10.1 Å². The van der Waals surface area contributed by atoms with Crippen LogP contribution in [0.15, 0.2) is 29.6 Å². The molecule has 0 saturated heterocycles. The van der Waals surface area contributed by atoms with E-state index in [9.17, 15) is 0 Å². The predicted octanol–water partition coefficient (Wildman–Crippen LogP) is 3.92. The maximum atomic E-state index is 5.27. The minimum Gasteiger partial charge on any atom is -0.496 e. The van der Waals surface area contributed by atoms with Crippen LogP contribution in [0.4, 0.5) is 0 Å². The third kappa shape index (κ3) is 3.58. The van der Waals surface area contributed by atoms with Crippen LogP contribution in [0.3, 0.4) is 0 Å². The molecular weight excluding hydrogens is 254 g/mol. The molecule has 2 aromatic rings. The van der Waals surface area contributed by atoms with E-state index in [4.69, 9.17) is 4.74 Å². The Labute approximate surface area is 119 Å². The average molecular weight is 275 g/mol. The fraction of sp³-hybridized carbons (Fsp3) is 0.375. The van der Waals surface area contributed by atoms with Crippen LogP contribution in [-0.4, -0.2) is 7.11 Å². The first kappa shape index (κ1) is 14.1. The molecule has 0 atom stereocenters. The molecule has 0 amide bonds. The van der Waals surface area contributed by atoms with Gasteiger partial charge in [0.1, 0.15) is 5.75 Å². The van der Waals surface area contributed by atoms with E-state index in [1.807, 2.05) is 17.4 Å². The highest BCUT2D eigenvalue weighted by molar-refractivity contribution is 7.10. The van der Waals surface area contributed by atoms with Gasteiger partial charge in [-0.1, -0.05) is 19.1 Å². The number of thiophene rings is 1. The summed E-state index contributed by atoms with van der Waals surface area (Å²) in [6.07, 6.45) is 1.11. The van der Waals surface area contributed by atoms with Gasteiger partial charge >= 0.3 is 0 Å². The standard InChI is InChI=1S/C16H21NOS/c1-4-14-7-8-19-16(14)11-17-10-13-5-6-15(18-3)12(2)9-13/h5-9,17H,4,10-11H2,1-3H3. The van der Waals surface area contributed by atoms with Crippen LogP contribution < -0.4 is 10.1 Å². The highest BCUT2D eigenvalue weighted by Crippen LogP contribution is 2.19. The molecule has 1 N–H and O–H groups in total. The van der Waals surface area contributed by atoms with Crippen molar-refractivity contribution in [3.05, 3.63) is 51.2 Å². The first-order valence-electron chi connectivity index (χ1n) is 6.64. The number of rotatable bonds is 6. The quantitative estimate of drug-likeness (QED) is 0.863. The fourth-order valence-electron chi connectivity index (χ4n) is 2.21. The summed E-state index contributed by atoms with van der Waals surface area (Å²) in [7, 11) is 1.71. The Kier molecular flexibility index (Phi) is 5.00. The molecule has 0 aliphatic carbocycles. The molecule has 3 heteroatoms. The summed E-state index contributed by atoms with van der Waals surface area (Å²) < 4.78 is 5.27. The highest BCUT2D eigenvalue weighted by Gasteiger charge is 2.03. The second-order valence-electron chi connectivity index (χ2n) is 4.63. The molecule has 0 fully saturated rings. The maximum absolute atomic E-state index is 5.27. The largest absolute Gasteiger partial charge is 0.496 e. The van der Waals surface area contributed by atoms with E-state index < -0.39 is 0 Å². The minimum atomic E-state index is 0.895. The van der Waals surface area contributed by atoms with Crippen LogP contribution in [0.2, 0.25) is 0 Å². The van der Waals surface area contributed by atoms with E-state index in [1.165, 1.54) is 21.6 Å². The Bertz CT molecular complexity index is 533. The average Bonchev–Trinajstić information content (AvgIpc) is 2.86. The molecule has 2 nitrogen and oxygen atoms in total. The van der Waals surface area contributed by atoms with E-state index in [2.05, 4.69) is 42.7 Å². The molecule has 0 unspecified atom stereocenters. The normalized spacial score (nSPS) is 10.7. The SMILES string of the molecule is CCc1ccsc1CNCc1ccc(OC)c(C)c1. The summed E-state index contributed by atoms with van der Waals surface area (Å²) in [5.41, 5.74) is 3.95. The van der Waals surface area contributed by atoms with Gasteiger partial charge in [0.15, 0.2) is 0 Å². The molecular formula is C16H21NOS. The number of aryl methyl sites for hydroxylation is 2. The Morgan fingerprint density at radius 1 is 1.21 bits per heavy atom. The van der Waals surface area contributed by atoms with Gasteiger partial charge in [-0.05, 0) is 47.5 Å². The Morgan fingerprint density at radius 2 is 2.05 bits per heavy atom. The van der Waals surface area contributed by atoms with Gasteiger partial charge in [-0.2, -0.15) is 0 Å². The van der Waals surface area contributed by atoms with E-state index in [1.54, 1.807) is 7.11 Å². The summed E-state index contributed by atoms with van der Waals surface area (Å²) in [6.45, 7) is 6.13. The first-order chi connectivity index (χ1) is 9.24. The van der Waals surface area contributed by atoms with Crippen molar-refractivity contribution in [1.29, 1.82) is 0 Å². The van der Waals surface area contributed by atoms with Gasteiger partial charge in [-0.15, -0.1) is 11.3 Å². The smallest absolute Gasteiger partial charge is 0.121 e. The van der Waals surface area contributed by atoms with Gasteiger partial charge in [0.05, 0.1) is 7.11 Å². The Hall–Kier alpha value is -1.32. The molecule has 1 aromatic carbocycles. The number of ether oxygens (including phenoxy) is 1. The van der Waals surface area contributed by atoms with Crippen LogP contribution in [-0.2, 0) is 19.5 Å². The molecule has 19 heavy (non-hydrogen) atoms. The van der Waals surface area contributed by atoms with Crippen LogP contribution in [0.1, 0.15) is 28.5 Å². The molecule has 0 aliphatic rings. The van der Waals surface area contributed by atoms with Crippen molar-refractivity contribution in [3.8, 4) is 5.75 Å². The van der Waals surface area contributed by atoms with Crippen molar-refractivity contribution in [1.82, 2.24) is 5.32 Å². The Balaban J connectivity index is 1.91. The summed E-state index contributed by atoms with van der Waals surface area (Å²) >= 11 is 1.84. The molecule has 0 radical (unpaired) electrons. The van der Waals surface area contributed by atoms with Crippen molar-refractivity contribution >= 4 is 11.3 Å². The summed E-state index contributed by atoms with van der Waals surface area (Å²) in [5, 5.41) is 5.69. The van der Waals surface area contributed by atoms with Gasteiger partial charge in [-0.3, -0.25) is 0 Å². The first-order valence-corrected chi connectivity index (χ1v) is 7.52. The number of hydrogen-bond donors (Lipinski definition) is 1. The molecule has 0 bridgehead atoms. The molecule has 102 valence electrons. The number of methoxy groups -OCH3 is 1. The number of nitrogens with one attached hydrogen (secondary N) is 1. The summed E-state index contributed by atoms with van der Waals surface area (Å²) in [5.74, 6) is 0.954. The lowest BCUT2D eigenvalue weighted by Crippen LogP contribution is -2.12. The zero-order chi connectivity index (χ0) is 13.7. The second-order valence-corrected chi connectivity index (χ2v) is 5.63. The number of hydrogen-bond acceptors (Lipinski definition) is 3. The lowest BCUT2D eigenvalue weighted by atomic mass is 10.1. The van der Waals surface area contributed by atoms with Crippen molar-refractivity contribution < 1.29 is 4.74 Å². The summed E-state index contributed by atoms with van der Waals surface area (Å²) in [6, 6.07) is 8.56. The summed E-state index contributed by atoms with van der Waals surface area (Å²) in [4.78, 5) is 1.45. The molecule has 1 aromatic heterocycles. The van der Waals surface area contributed by atoms with E-state index in [0.29, 0.717) is 0 Å². The predicted molar refractivity (Wildman–Crippen MR) is 82.0 cm³/mol. The van der Waals surface area contributed by atoms with Crippen LogP contribution in [0.25, 0.3) is 0 Å². The van der Waals surface area contributed by atoms with E-state index >= 15 is 0 Å². The molecule has 2 rings (SSSR count). The van der Waals surface area contributed by atoms with Crippen molar-refractivity contribution in [3.63, 3.8) is 0 Å². The third-order valence-electron chi connectivity index (χ3n) is 3.29. The Morgan fingerprint density at radius 3 is 2.74 bits per heavy atom. The molecule has 0 spiro atoms. The molecule has 0 aliphatic heterocycles. The van der Waals surface area contributed by atoms with Gasteiger partial charge in [0.2, 0.25) is 0 Å². The zero-order valence-corrected chi connectivity index (χ0v) is 12.6. The zero-order valence-electron chi connectivity index (χ0n) is 11.8. The topological polar surface area (TPSA) is 21.3 Å². The third-order valence-corrected chi connectivity index (χ3v) is 4.26. The van der Waals surface area contributed by atoms with Crippen molar-refractivity contribution in [2.45, 2.75) is 33.4 Å². The monoisotopic (exact) mass is 275 g/mol. The maximum Gasteiger partial charge on any atom is 0.121 e. The number of benzene rings is 1. The van der Waals surface area contributed by atoms with Crippen LogP contribution in [0, 0.1) is 6.92 Å². The highest BCUT2D eigenvalue weighted by atomic mass is 32.1. The van der Waals surface area contributed by atoms with Crippen LogP contribution in [0.5, 0.6) is 5.75 Å². The van der Waals surface area contributed by atoms with E-state index in [0.717, 1.165) is 25.3 Å². The van der Waals surface area contributed by atoms with E-state index in [-0.39, 0.29) is 0 Å². The van der Waals surface area contributed by atoms with Gasteiger partial charge in [0.25, 0.3) is 0 Å². The molecule has 1 heterocycles. The van der Waals surface area contributed by atoms with Gasteiger partial charge in [0, 0.05) is 18.0 Å². The van der Waals surface area contributed by atoms with Crippen LogP contribution >= 0.6 is 11.3 Å². The second kappa shape index (κ2) is 6.73. The lowest BCUT2D eigenvalue weighted by Gasteiger charge is -2.09. The minimum absolute atomic E-state index is 0.895. The van der Waals surface area contributed by atoms with Crippen molar-refractivity contribution in [2.24, 2.45) is 0 Å². The fourth-order valence-corrected chi connectivity index (χ4v) is 3.15. The van der Waals surface area contributed by atoms with Crippen molar-refractivity contribution in [2.75, 3.05) is 7.11 Å².